The van der Waals surface area contributed by atoms with Crippen LogP contribution in [0, 0.1) is 0 Å². The molecule has 0 saturated carbocycles. The summed E-state index contributed by atoms with van der Waals surface area (Å²) in [6, 6.07) is 5.82. The van der Waals surface area contributed by atoms with E-state index < -0.39 is 33.3 Å². The van der Waals surface area contributed by atoms with E-state index in [4.69, 9.17) is 10.3 Å². The van der Waals surface area contributed by atoms with Crippen LogP contribution in [-0.2, 0) is 25.7 Å². The van der Waals surface area contributed by atoms with Crippen molar-refractivity contribution >= 4 is 27.2 Å². The van der Waals surface area contributed by atoms with Crippen LogP contribution in [0.3, 0.4) is 0 Å². The molecule has 0 aliphatic rings. The highest BCUT2D eigenvalue weighted by atomic mass is 32.3. The second kappa shape index (κ2) is 5.56. The monoisotopic (exact) mass is 280 g/mol. The van der Waals surface area contributed by atoms with Crippen molar-refractivity contribution in [2.45, 2.75) is 5.25 Å². The summed E-state index contributed by atoms with van der Waals surface area (Å²) in [5.41, 5.74) is 6.19. The smallest absolute Gasteiger partial charge is 0.397 e. The Morgan fingerprint density at radius 1 is 1.41 bits per heavy atom. The first-order valence-electron chi connectivity index (χ1n) is 4.35. The van der Waals surface area contributed by atoms with E-state index in [0.29, 0.717) is 11.3 Å². The molecule has 17 heavy (non-hydrogen) atoms. The summed E-state index contributed by atoms with van der Waals surface area (Å²) in [6.45, 7) is -0.696. The van der Waals surface area contributed by atoms with Crippen LogP contribution in [0.15, 0.2) is 24.3 Å². The summed E-state index contributed by atoms with van der Waals surface area (Å²) in [5.74, 6) is 0. The molecule has 0 aliphatic carbocycles. The fourth-order valence-electron chi connectivity index (χ4n) is 1.12. The predicted octanol–water partition coefficient (Wildman–Crippen LogP) is 0.00840. The molecule has 1 aromatic rings. The molecule has 0 bridgehead atoms. The average molecular weight is 280 g/mol. The van der Waals surface area contributed by atoms with E-state index in [0.717, 1.165) is 0 Å². The van der Waals surface area contributed by atoms with Crippen LogP contribution in [0.4, 0.5) is 5.69 Å². The van der Waals surface area contributed by atoms with Gasteiger partial charge in [-0.15, -0.1) is 0 Å². The minimum atomic E-state index is -4.67. The molecule has 0 spiro atoms. The predicted molar refractivity (Wildman–Crippen MR) is 60.0 cm³/mol. The van der Waals surface area contributed by atoms with Crippen molar-refractivity contribution in [1.29, 1.82) is 0 Å². The van der Waals surface area contributed by atoms with Gasteiger partial charge >= 0.3 is 10.4 Å². The Kier molecular flexibility index (Phi) is 4.60. The third-order valence-electron chi connectivity index (χ3n) is 1.91. The van der Waals surface area contributed by atoms with Gasteiger partial charge in [0.1, 0.15) is 0 Å². The van der Waals surface area contributed by atoms with Gasteiger partial charge in [0.05, 0.1) is 11.9 Å². The summed E-state index contributed by atoms with van der Waals surface area (Å²) in [6.07, 6.45) is 0. The van der Waals surface area contributed by atoms with Crippen LogP contribution in [0.25, 0.3) is 0 Å². The van der Waals surface area contributed by atoms with E-state index >= 15 is 0 Å². The van der Waals surface area contributed by atoms with Crippen LogP contribution in [0.1, 0.15) is 10.8 Å². The Morgan fingerprint density at radius 2 is 1.94 bits per heavy atom. The van der Waals surface area contributed by atoms with Crippen LogP contribution < -0.4 is 5.73 Å². The Morgan fingerprint density at radius 3 is 2.35 bits per heavy atom. The topological polar surface area (TPSA) is 130 Å². The fraction of sp³-hybridized carbons (Fsp3) is 0.250. The van der Waals surface area contributed by atoms with Crippen molar-refractivity contribution in [2.75, 3.05) is 12.3 Å². The molecule has 0 aliphatic heterocycles. The van der Waals surface area contributed by atoms with E-state index in [9.17, 15) is 17.2 Å². The molecule has 2 unspecified atom stereocenters. The number of anilines is 1. The largest absolute Gasteiger partial charge is 0.772 e. The molecule has 7 nitrogen and oxygen atoms in total. The number of nitrogens with two attached hydrogens (primary N) is 1. The fourth-order valence-corrected chi connectivity index (χ4v) is 2.07. The van der Waals surface area contributed by atoms with Gasteiger partial charge in [-0.05, 0) is 28.8 Å². The highest BCUT2D eigenvalue weighted by molar-refractivity contribution is 7.81. The zero-order chi connectivity index (χ0) is 13.1. The molecule has 0 heterocycles. The molecule has 0 amide bonds. The van der Waals surface area contributed by atoms with Gasteiger partial charge in [-0.25, -0.2) is 4.18 Å². The van der Waals surface area contributed by atoms with Crippen LogP contribution in [0.5, 0.6) is 0 Å². The lowest BCUT2D eigenvalue weighted by atomic mass is 10.1. The molecular weight excluding hydrogens is 270 g/mol. The third kappa shape index (κ3) is 4.79. The highest BCUT2D eigenvalue weighted by Crippen LogP contribution is 2.20. The molecule has 3 N–H and O–H groups in total. The number of hydrogen-bond acceptors (Lipinski definition) is 6. The van der Waals surface area contributed by atoms with Crippen LogP contribution in [0.2, 0.25) is 0 Å². The van der Waals surface area contributed by atoms with Crippen molar-refractivity contribution in [3.8, 4) is 0 Å². The van der Waals surface area contributed by atoms with Crippen molar-refractivity contribution in [2.24, 2.45) is 0 Å². The maximum absolute atomic E-state index is 10.9. The van der Waals surface area contributed by atoms with Crippen molar-refractivity contribution in [3.05, 3.63) is 29.8 Å². The molecule has 1 aromatic carbocycles. The van der Waals surface area contributed by atoms with E-state index in [1.165, 1.54) is 24.3 Å². The zero-order valence-electron chi connectivity index (χ0n) is 8.48. The minimum absolute atomic E-state index is 0.316. The lowest BCUT2D eigenvalue weighted by Crippen LogP contribution is -2.16. The average Bonchev–Trinajstić information content (AvgIpc) is 2.18. The number of nitrogen functional groups attached to an aromatic ring is 1. The first-order chi connectivity index (χ1) is 7.79. The van der Waals surface area contributed by atoms with E-state index in [-0.39, 0.29) is 0 Å². The van der Waals surface area contributed by atoms with Crippen LogP contribution in [-0.4, -0.2) is 28.3 Å². The number of hydrogen-bond donors (Lipinski definition) is 2. The SMILES string of the molecule is Nc1ccc(C(COS(=O)(=O)O)S(=O)[O-])cc1. The van der Waals surface area contributed by atoms with Crippen molar-refractivity contribution in [1.82, 2.24) is 0 Å². The molecule has 1 rings (SSSR count). The molecule has 9 heteroatoms. The van der Waals surface area contributed by atoms with Crippen LogP contribution >= 0.6 is 0 Å². The number of benzene rings is 1. The van der Waals surface area contributed by atoms with Crippen molar-refractivity contribution < 1.29 is 25.9 Å². The highest BCUT2D eigenvalue weighted by Gasteiger charge is 2.16. The molecule has 0 radical (unpaired) electrons. The Balaban J connectivity index is 2.87. The van der Waals surface area contributed by atoms with E-state index in [1.54, 1.807) is 0 Å². The van der Waals surface area contributed by atoms with Crippen molar-refractivity contribution in [3.63, 3.8) is 0 Å². The quantitative estimate of drug-likeness (QED) is 0.441. The van der Waals surface area contributed by atoms with Gasteiger partial charge in [0.25, 0.3) is 0 Å². The maximum atomic E-state index is 10.9. The van der Waals surface area contributed by atoms with Gasteiger partial charge in [-0.3, -0.25) is 8.76 Å². The van der Waals surface area contributed by atoms with E-state index in [2.05, 4.69) is 4.18 Å². The molecule has 0 saturated heterocycles. The van der Waals surface area contributed by atoms with Gasteiger partial charge in [0.2, 0.25) is 0 Å². The summed E-state index contributed by atoms with van der Waals surface area (Å²) < 4.78 is 54.9. The van der Waals surface area contributed by atoms with Gasteiger partial charge in [-0.2, -0.15) is 8.42 Å². The summed E-state index contributed by atoms with van der Waals surface area (Å²) in [5, 5.41) is -1.20. The summed E-state index contributed by atoms with van der Waals surface area (Å²) >= 11 is -2.59. The lowest BCUT2D eigenvalue weighted by Gasteiger charge is -2.19. The Bertz CT molecular complexity index is 497. The normalized spacial score (nSPS) is 15.4. The van der Waals surface area contributed by atoms with Gasteiger partial charge in [0, 0.05) is 5.69 Å². The molecule has 2 atom stereocenters. The molecule has 0 aromatic heterocycles. The first-order valence-corrected chi connectivity index (χ1v) is 6.85. The second-order valence-electron chi connectivity index (χ2n) is 3.13. The Labute approximate surface area is 101 Å². The summed E-state index contributed by atoms with van der Waals surface area (Å²) in [7, 11) is -4.67. The third-order valence-corrected chi connectivity index (χ3v) is 3.22. The lowest BCUT2D eigenvalue weighted by molar-refractivity contribution is 0.266. The zero-order valence-corrected chi connectivity index (χ0v) is 10.1. The minimum Gasteiger partial charge on any atom is -0.772 e. The second-order valence-corrected chi connectivity index (χ2v) is 5.31. The molecule has 0 fully saturated rings. The van der Waals surface area contributed by atoms with E-state index in [1.807, 2.05) is 0 Å². The van der Waals surface area contributed by atoms with Gasteiger partial charge in [0.15, 0.2) is 0 Å². The maximum Gasteiger partial charge on any atom is 0.397 e. The summed E-state index contributed by atoms with van der Waals surface area (Å²) in [4.78, 5) is 0. The molecule has 96 valence electrons. The Hall–Kier alpha value is -1.00. The van der Waals surface area contributed by atoms with Gasteiger partial charge < -0.3 is 10.3 Å². The number of rotatable bonds is 5. The molecular formula is C8H10NO6S2-. The first kappa shape index (κ1) is 14.1. The standard InChI is InChI=1S/C8H11NO6S2/c9-7-3-1-6(2-4-7)8(16(10)11)5-15-17(12,13)14/h1-4,8H,5,9H2,(H,10,11)(H,12,13,14)/p-1. The van der Waals surface area contributed by atoms with Gasteiger partial charge in [-0.1, -0.05) is 12.1 Å².